The Morgan fingerprint density at radius 2 is 2.00 bits per heavy atom. The van der Waals surface area contributed by atoms with Crippen molar-refractivity contribution in [2.24, 2.45) is 5.92 Å². The average molecular weight is 334 g/mol. The molecule has 0 aromatic heterocycles. The Morgan fingerprint density at radius 3 is 2.56 bits per heavy atom. The second-order valence-electron chi connectivity index (χ2n) is 4.88. The summed E-state index contributed by atoms with van der Waals surface area (Å²) in [7, 11) is -2.89. The van der Waals surface area contributed by atoms with Gasteiger partial charge in [-0.05, 0) is 37.1 Å². The zero-order valence-electron chi connectivity index (χ0n) is 11.0. The van der Waals surface area contributed by atoms with Crippen LogP contribution in [0.25, 0.3) is 0 Å². The quantitative estimate of drug-likeness (QED) is 0.870. The molecular formula is C13H20BrNO2S. The van der Waals surface area contributed by atoms with Gasteiger partial charge in [0.05, 0.1) is 5.75 Å². The summed E-state index contributed by atoms with van der Waals surface area (Å²) in [6.07, 6.45) is 1.28. The molecule has 5 heteroatoms. The normalized spacial score (nSPS) is 15.3. The minimum atomic E-state index is -2.89. The predicted molar refractivity (Wildman–Crippen MR) is 79.4 cm³/mol. The third-order valence-corrected chi connectivity index (χ3v) is 4.38. The first-order chi connectivity index (χ1) is 8.28. The number of rotatable bonds is 6. The molecule has 2 atom stereocenters. The van der Waals surface area contributed by atoms with Crippen LogP contribution in [0.5, 0.6) is 0 Å². The second-order valence-corrected chi connectivity index (χ2v) is 7.98. The molecule has 0 aliphatic heterocycles. The Labute approximate surface area is 118 Å². The van der Waals surface area contributed by atoms with Crippen molar-refractivity contribution in [2.75, 3.05) is 18.6 Å². The van der Waals surface area contributed by atoms with Gasteiger partial charge in [-0.2, -0.15) is 0 Å². The van der Waals surface area contributed by atoms with E-state index in [0.29, 0.717) is 6.54 Å². The first kappa shape index (κ1) is 15.7. The summed E-state index contributed by atoms with van der Waals surface area (Å²) in [5.41, 5.74) is 1.19. The van der Waals surface area contributed by atoms with Crippen LogP contribution in [0.2, 0.25) is 0 Å². The zero-order valence-corrected chi connectivity index (χ0v) is 13.4. The van der Waals surface area contributed by atoms with Crippen molar-refractivity contribution in [3.05, 3.63) is 34.3 Å². The van der Waals surface area contributed by atoms with Crippen LogP contribution < -0.4 is 5.32 Å². The van der Waals surface area contributed by atoms with Gasteiger partial charge in [0.15, 0.2) is 0 Å². The Hall–Kier alpha value is -0.390. The molecular weight excluding hydrogens is 314 g/mol. The highest BCUT2D eigenvalue weighted by atomic mass is 79.9. The molecule has 18 heavy (non-hydrogen) atoms. The number of hydrogen-bond acceptors (Lipinski definition) is 3. The molecule has 0 aliphatic carbocycles. The molecule has 0 aliphatic rings. The molecule has 0 bridgehead atoms. The molecule has 0 fully saturated rings. The van der Waals surface area contributed by atoms with Crippen LogP contribution in [-0.2, 0) is 9.84 Å². The highest BCUT2D eigenvalue weighted by Crippen LogP contribution is 2.18. The summed E-state index contributed by atoms with van der Waals surface area (Å²) >= 11 is 3.44. The molecule has 0 spiro atoms. The third-order valence-electron chi connectivity index (χ3n) is 2.71. The Bertz CT molecular complexity index is 488. The summed E-state index contributed by atoms with van der Waals surface area (Å²) in [4.78, 5) is 0. The largest absolute Gasteiger partial charge is 0.310 e. The lowest BCUT2D eigenvalue weighted by Crippen LogP contribution is -2.28. The SMILES string of the molecule is C[C@H](CN[C@@H](C)c1cccc(Br)c1)CS(C)(=O)=O. The van der Waals surface area contributed by atoms with Gasteiger partial charge in [-0.3, -0.25) is 0 Å². The van der Waals surface area contributed by atoms with Crippen LogP contribution in [0.1, 0.15) is 25.5 Å². The first-order valence-corrected chi connectivity index (χ1v) is 8.80. The van der Waals surface area contributed by atoms with Gasteiger partial charge in [0.2, 0.25) is 0 Å². The maximum absolute atomic E-state index is 11.2. The van der Waals surface area contributed by atoms with Crippen molar-refractivity contribution in [3.8, 4) is 0 Å². The maximum Gasteiger partial charge on any atom is 0.147 e. The van der Waals surface area contributed by atoms with Gasteiger partial charge in [-0.1, -0.05) is 35.0 Å². The summed E-state index contributed by atoms with van der Waals surface area (Å²) < 4.78 is 23.4. The molecule has 1 N–H and O–H groups in total. The lowest BCUT2D eigenvalue weighted by atomic mass is 10.1. The molecule has 1 aromatic rings. The molecule has 0 radical (unpaired) electrons. The van der Waals surface area contributed by atoms with Gasteiger partial charge in [-0.15, -0.1) is 0 Å². The summed E-state index contributed by atoms with van der Waals surface area (Å²) in [5.74, 6) is 0.347. The first-order valence-electron chi connectivity index (χ1n) is 5.94. The van der Waals surface area contributed by atoms with Crippen LogP contribution in [0, 0.1) is 5.92 Å². The van der Waals surface area contributed by atoms with Crippen LogP contribution >= 0.6 is 15.9 Å². The van der Waals surface area contributed by atoms with Crippen molar-refractivity contribution in [3.63, 3.8) is 0 Å². The Morgan fingerprint density at radius 1 is 1.33 bits per heavy atom. The highest BCUT2D eigenvalue weighted by molar-refractivity contribution is 9.10. The number of hydrogen-bond donors (Lipinski definition) is 1. The lowest BCUT2D eigenvalue weighted by Gasteiger charge is -2.17. The van der Waals surface area contributed by atoms with Gasteiger partial charge < -0.3 is 5.32 Å². The number of benzene rings is 1. The molecule has 0 heterocycles. The molecule has 1 rings (SSSR count). The standard InChI is InChI=1S/C13H20BrNO2S/c1-10(9-18(3,16)17)8-15-11(2)12-5-4-6-13(14)7-12/h4-7,10-11,15H,8-9H2,1-3H3/t10-,11+/m1/s1. The van der Waals surface area contributed by atoms with Gasteiger partial charge in [0.25, 0.3) is 0 Å². The fraction of sp³-hybridized carbons (Fsp3) is 0.538. The van der Waals surface area contributed by atoms with Crippen molar-refractivity contribution in [1.29, 1.82) is 0 Å². The minimum absolute atomic E-state index is 0.120. The molecule has 0 amide bonds. The second kappa shape index (κ2) is 6.68. The van der Waals surface area contributed by atoms with Gasteiger partial charge >= 0.3 is 0 Å². The van der Waals surface area contributed by atoms with E-state index in [4.69, 9.17) is 0 Å². The topological polar surface area (TPSA) is 46.2 Å². The fourth-order valence-corrected chi connectivity index (χ4v) is 3.42. The van der Waals surface area contributed by atoms with Crippen LogP contribution in [0.4, 0.5) is 0 Å². The Balaban J connectivity index is 2.49. The van der Waals surface area contributed by atoms with E-state index in [1.807, 2.05) is 19.1 Å². The zero-order chi connectivity index (χ0) is 13.8. The van der Waals surface area contributed by atoms with Gasteiger partial charge in [-0.25, -0.2) is 8.42 Å². The van der Waals surface area contributed by atoms with Crippen LogP contribution in [-0.4, -0.2) is 27.0 Å². The van der Waals surface area contributed by atoms with Crippen molar-refractivity contribution in [2.45, 2.75) is 19.9 Å². The van der Waals surface area contributed by atoms with E-state index in [2.05, 4.69) is 40.3 Å². The average Bonchev–Trinajstić information content (AvgIpc) is 2.23. The van der Waals surface area contributed by atoms with E-state index in [1.165, 1.54) is 11.8 Å². The number of nitrogens with one attached hydrogen (secondary N) is 1. The van der Waals surface area contributed by atoms with E-state index in [1.54, 1.807) is 0 Å². The highest BCUT2D eigenvalue weighted by Gasteiger charge is 2.12. The fourth-order valence-electron chi connectivity index (χ4n) is 1.85. The molecule has 1 aromatic carbocycles. The minimum Gasteiger partial charge on any atom is -0.310 e. The summed E-state index contributed by atoms with van der Waals surface area (Å²) in [6.45, 7) is 4.72. The predicted octanol–water partition coefficient (Wildman–Crippen LogP) is 2.78. The number of sulfone groups is 1. The van der Waals surface area contributed by atoms with Crippen molar-refractivity contribution >= 4 is 25.8 Å². The third kappa shape index (κ3) is 5.98. The molecule has 0 saturated carbocycles. The summed E-state index contributed by atoms with van der Waals surface area (Å²) in [5, 5.41) is 3.36. The monoisotopic (exact) mass is 333 g/mol. The van der Waals surface area contributed by atoms with Crippen molar-refractivity contribution < 1.29 is 8.42 Å². The number of halogens is 1. The van der Waals surface area contributed by atoms with E-state index in [0.717, 1.165) is 4.47 Å². The van der Waals surface area contributed by atoms with E-state index in [-0.39, 0.29) is 17.7 Å². The maximum atomic E-state index is 11.2. The van der Waals surface area contributed by atoms with Crippen LogP contribution in [0.15, 0.2) is 28.7 Å². The lowest BCUT2D eigenvalue weighted by molar-refractivity contribution is 0.491. The Kier molecular flexibility index (Phi) is 5.82. The smallest absolute Gasteiger partial charge is 0.147 e. The van der Waals surface area contributed by atoms with Gasteiger partial charge in [0, 0.05) is 16.8 Å². The molecule has 3 nitrogen and oxygen atoms in total. The molecule has 0 unspecified atom stereocenters. The molecule has 0 saturated heterocycles. The van der Waals surface area contributed by atoms with Gasteiger partial charge in [0.1, 0.15) is 9.84 Å². The van der Waals surface area contributed by atoms with Crippen molar-refractivity contribution in [1.82, 2.24) is 5.32 Å². The van der Waals surface area contributed by atoms with Crippen LogP contribution in [0.3, 0.4) is 0 Å². The van der Waals surface area contributed by atoms with E-state index in [9.17, 15) is 8.42 Å². The van der Waals surface area contributed by atoms with E-state index >= 15 is 0 Å². The van der Waals surface area contributed by atoms with E-state index < -0.39 is 9.84 Å². The molecule has 102 valence electrons. The summed E-state index contributed by atoms with van der Waals surface area (Å²) in [6, 6.07) is 8.33.